The summed E-state index contributed by atoms with van der Waals surface area (Å²) in [4.78, 5) is 8.00. The van der Waals surface area contributed by atoms with E-state index in [0.717, 1.165) is 19.1 Å². The van der Waals surface area contributed by atoms with E-state index >= 15 is 0 Å². The van der Waals surface area contributed by atoms with Gasteiger partial charge in [-0.3, -0.25) is 0 Å². The molecular formula is C6H12O6. The lowest BCUT2D eigenvalue weighted by atomic mass is 10.2. The molecule has 6 heteroatoms. The standard InChI is InChI=1S/C5H10O.CH2O5/c1-5-2-3-6-4-5;1-2-4-6-5-3-1/h5H,2-4H2,1H3;1H2. The monoisotopic (exact) mass is 180 g/mol. The molecule has 2 fully saturated rings. The predicted molar refractivity (Wildman–Crippen MR) is 34.9 cm³/mol. The van der Waals surface area contributed by atoms with Crippen LogP contribution in [0.2, 0.25) is 0 Å². The van der Waals surface area contributed by atoms with E-state index in [9.17, 15) is 0 Å². The fraction of sp³-hybridized carbons (Fsp3) is 1.00. The molecule has 0 aromatic rings. The normalized spacial score (nSPS) is 29.2. The van der Waals surface area contributed by atoms with Crippen LogP contribution in [0.15, 0.2) is 0 Å². The van der Waals surface area contributed by atoms with Crippen LogP contribution in [0.1, 0.15) is 13.3 Å². The Labute approximate surface area is 70.0 Å². The molecule has 0 radical (unpaired) electrons. The number of rotatable bonds is 0. The third-order valence-electron chi connectivity index (χ3n) is 1.41. The van der Waals surface area contributed by atoms with Crippen molar-refractivity contribution in [3.8, 4) is 0 Å². The van der Waals surface area contributed by atoms with Gasteiger partial charge in [-0.15, -0.1) is 0 Å². The maximum absolute atomic E-state index is 5.06. The fourth-order valence-corrected chi connectivity index (χ4v) is 0.762. The van der Waals surface area contributed by atoms with E-state index in [1.165, 1.54) is 6.42 Å². The molecule has 2 aliphatic rings. The van der Waals surface area contributed by atoms with Crippen molar-refractivity contribution in [1.29, 1.82) is 0 Å². The Morgan fingerprint density at radius 2 is 1.83 bits per heavy atom. The zero-order valence-corrected chi connectivity index (χ0v) is 6.86. The zero-order valence-electron chi connectivity index (χ0n) is 6.86. The Morgan fingerprint density at radius 1 is 1.08 bits per heavy atom. The van der Waals surface area contributed by atoms with Gasteiger partial charge in [0.15, 0.2) is 0 Å². The van der Waals surface area contributed by atoms with Crippen LogP contribution in [0.25, 0.3) is 0 Å². The first-order valence-corrected chi connectivity index (χ1v) is 3.72. The third-order valence-corrected chi connectivity index (χ3v) is 1.41. The quantitative estimate of drug-likeness (QED) is 0.512. The molecule has 0 aromatic heterocycles. The van der Waals surface area contributed by atoms with Crippen molar-refractivity contribution >= 4 is 0 Å². The highest BCUT2D eigenvalue weighted by molar-refractivity contribution is 4.55. The van der Waals surface area contributed by atoms with Crippen molar-refractivity contribution in [3.63, 3.8) is 0 Å². The first-order chi connectivity index (χ1) is 5.89. The van der Waals surface area contributed by atoms with E-state index < -0.39 is 0 Å². The topological polar surface area (TPSA) is 55.4 Å². The van der Waals surface area contributed by atoms with Crippen molar-refractivity contribution < 1.29 is 29.6 Å². The molecule has 0 N–H and O–H groups in total. The highest BCUT2D eigenvalue weighted by Gasteiger charge is 2.07. The van der Waals surface area contributed by atoms with Gasteiger partial charge in [-0.05, 0) is 27.5 Å². The molecule has 72 valence electrons. The molecule has 2 heterocycles. The molecule has 0 spiro atoms. The average Bonchev–Trinajstić information content (AvgIpc) is 2.60. The highest BCUT2D eigenvalue weighted by Crippen LogP contribution is 2.09. The van der Waals surface area contributed by atoms with Gasteiger partial charge in [0.2, 0.25) is 6.79 Å². The molecule has 1 atom stereocenters. The molecule has 0 saturated carbocycles. The summed E-state index contributed by atoms with van der Waals surface area (Å²) in [5.41, 5.74) is 0. The molecule has 1 unspecified atom stereocenters. The summed E-state index contributed by atoms with van der Waals surface area (Å²) < 4.78 is 5.06. The van der Waals surface area contributed by atoms with Gasteiger partial charge in [-0.2, -0.15) is 9.78 Å². The largest absolute Gasteiger partial charge is 0.381 e. The first-order valence-electron chi connectivity index (χ1n) is 3.72. The van der Waals surface area contributed by atoms with Gasteiger partial charge < -0.3 is 4.74 Å². The molecular weight excluding hydrogens is 168 g/mol. The van der Waals surface area contributed by atoms with Crippen LogP contribution >= 0.6 is 0 Å². The molecule has 0 aliphatic carbocycles. The molecule has 0 aromatic carbocycles. The van der Waals surface area contributed by atoms with E-state index in [1.54, 1.807) is 0 Å². The van der Waals surface area contributed by atoms with Crippen molar-refractivity contribution in [2.24, 2.45) is 5.92 Å². The zero-order chi connectivity index (χ0) is 8.65. The van der Waals surface area contributed by atoms with E-state index in [2.05, 4.69) is 31.8 Å². The van der Waals surface area contributed by atoms with Gasteiger partial charge in [0.05, 0.1) is 0 Å². The van der Waals surface area contributed by atoms with Crippen LogP contribution in [0.4, 0.5) is 0 Å². The molecule has 2 saturated heterocycles. The molecule has 2 rings (SSSR count). The summed E-state index contributed by atoms with van der Waals surface area (Å²) in [6.45, 7) is 4.12. The van der Waals surface area contributed by atoms with Crippen molar-refractivity contribution in [3.05, 3.63) is 0 Å². The summed E-state index contributed by atoms with van der Waals surface area (Å²) in [5, 5.41) is 11.1. The molecule has 0 bridgehead atoms. The molecule has 12 heavy (non-hydrogen) atoms. The van der Waals surface area contributed by atoms with Crippen LogP contribution < -0.4 is 0 Å². The van der Waals surface area contributed by atoms with Crippen LogP contribution in [0.5, 0.6) is 0 Å². The summed E-state index contributed by atoms with van der Waals surface area (Å²) in [6.07, 6.45) is 1.26. The molecule has 6 nitrogen and oxygen atoms in total. The number of ether oxygens (including phenoxy) is 1. The van der Waals surface area contributed by atoms with Gasteiger partial charge in [0, 0.05) is 13.2 Å². The SMILES string of the molecule is C1OOOOO1.CC1CCOC1. The summed E-state index contributed by atoms with van der Waals surface area (Å²) in [5.74, 6) is 0.824. The summed E-state index contributed by atoms with van der Waals surface area (Å²) in [6, 6.07) is 0. The minimum Gasteiger partial charge on any atom is -0.381 e. The second kappa shape index (κ2) is 6.30. The fourth-order valence-electron chi connectivity index (χ4n) is 0.762. The lowest BCUT2D eigenvalue weighted by Crippen LogP contribution is -2.09. The van der Waals surface area contributed by atoms with Crippen molar-refractivity contribution in [1.82, 2.24) is 0 Å². The second-order valence-electron chi connectivity index (χ2n) is 2.53. The van der Waals surface area contributed by atoms with E-state index in [4.69, 9.17) is 4.74 Å². The third kappa shape index (κ3) is 4.60. The van der Waals surface area contributed by atoms with E-state index in [0.29, 0.717) is 0 Å². The lowest BCUT2D eigenvalue weighted by molar-refractivity contribution is -0.769. The average molecular weight is 180 g/mol. The summed E-state index contributed by atoms with van der Waals surface area (Å²) >= 11 is 0. The maximum Gasteiger partial charge on any atom is 0.221 e. The van der Waals surface area contributed by atoms with Crippen LogP contribution in [0, 0.1) is 5.92 Å². The smallest absolute Gasteiger partial charge is 0.221 e. The molecule has 2 aliphatic heterocycles. The van der Waals surface area contributed by atoms with Crippen molar-refractivity contribution in [2.75, 3.05) is 20.0 Å². The Morgan fingerprint density at radius 3 is 2.00 bits per heavy atom. The highest BCUT2D eigenvalue weighted by atomic mass is 17.8. The van der Waals surface area contributed by atoms with E-state index in [1.807, 2.05) is 0 Å². The minimum atomic E-state index is -0.0694. The lowest BCUT2D eigenvalue weighted by Gasteiger charge is -2.04. The Hall–Kier alpha value is -0.240. The molecule has 0 amide bonds. The van der Waals surface area contributed by atoms with Gasteiger partial charge in [0.1, 0.15) is 0 Å². The second-order valence-corrected chi connectivity index (χ2v) is 2.53. The van der Waals surface area contributed by atoms with Gasteiger partial charge in [-0.25, -0.2) is 0 Å². The Kier molecular flexibility index (Phi) is 5.16. The van der Waals surface area contributed by atoms with Gasteiger partial charge >= 0.3 is 0 Å². The number of hydrogen-bond donors (Lipinski definition) is 0. The van der Waals surface area contributed by atoms with Crippen LogP contribution in [0.3, 0.4) is 0 Å². The summed E-state index contributed by atoms with van der Waals surface area (Å²) in [7, 11) is 0. The van der Waals surface area contributed by atoms with Crippen LogP contribution in [-0.2, 0) is 29.6 Å². The van der Waals surface area contributed by atoms with Crippen molar-refractivity contribution in [2.45, 2.75) is 13.3 Å². The Balaban J connectivity index is 0.000000120. The van der Waals surface area contributed by atoms with Crippen LogP contribution in [-0.4, -0.2) is 20.0 Å². The minimum absolute atomic E-state index is 0.0694. The predicted octanol–water partition coefficient (Wildman–Crippen LogP) is 0.743. The van der Waals surface area contributed by atoms with E-state index in [-0.39, 0.29) is 6.79 Å². The first kappa shape index (κ1) is 9.85. The van der Waals surface area contributed by atoms with Gasteiger partial charge in [-0.1, -0.05) is 6.92 Å². The number of hydrogen-bond acceptors (Lipinski definition) is 6. The van der Waals surface area contributed by atoms with Gasteiger partial charge in [0.25, 0.3) is 0 Å². The maximum atomic E-state index is 5.06. The Bertz CT molecular complexity index is 86.7.